The highest BCUT2D eigenvalue weighted by molar-refractivity contribution is 6.04. The third kappa shape index (κ3) is 6.21. The van der Waals surface area contributed by atoms with Crippen LogP contribution in [-0.4, -0.2) is 40.7 Å². The van der Waals surface area contributed by atoms with Gasteiger partial charge in [-0.3, -0.25) is 14.6 Å². The summed E-state index contributed by atoms with van der Waals surface area (Å²) in [6.45, 7) is 6.47. The molecule has 0 saturated carbocycles. The van der Waals surface area contributed by atoms with Crippen molar-refractivity contribution in [2.24, 2.45) is 11.8 Å². The average Bonchev–Trinajstić information content (AvgIpc) is 2.93. The van der Waals surface area contributed by atoms with Gasteiger partial charge in [0, 0.05) is 48.4 Å². The van der Waals surface area contributed by atoms with E-state index in [1.165, 1.54) is 19.3 Å². The molecule has 190 valence electrons. The Balaban J connectivity index is 1.49. The smallest absolute Gasteiger partial charge is 0.271 e. The normalized spacial score (nSPS) is 15.4. The molecule has 0 aliphatic carbocycles. The molecule has 0 bridgehead atoms. The van der Waals surface area contributed by atoms with Crippen molar-refractivity contribution in [2.75, 3.05) is 29.9 Å². The summed E-state index contributed by atoms with van der Waals surface area (Å²) in [4.78, 5) is 35.2. The monoisotopic (exact) mass is 488 g/mol. The van der Waals surface area contributed by atoms with Gasteiger partial charge in [-0.2, -0.15) is 0 Å². The molecule has 1 saturated heterocycles. The Morgan fingerprint density at radius 1 is 1.14 bits per heavy atom. The number of nitrogens with zero attached hydrogens (tertiary/aromatic N) is 2. The van der Waals surface area contributed by atoms with Crippen molar-refractivity contribution in [3.8, 4) is 11.3 Å². The lowest BCUT2D eigenvalue weighted by Crippen LogP contribution is -2.29. The summed E-state index contributed by atoms with van der Waals surface area (Å²) in [5.74, 6) is 0.206. The number of aromatic amines is 1. The summed E-state index contributed by atoms with van der Waals surface area (Å²) < 4.78 is 0. The molecule has 1 aliphatic rings. The number of hydrogen-bond acceptors (Lipinski definition) is 5. The van der Waals surface area contributed by atoms with Crippen molar-refractivity contribution in [1.82, 2.24) is 9.97 Å². The zero-order chi connectivity index (χ0) is 25.5. The van der Waals surface area contributed by atoms with Crippen LogP contribution in [0.5, 0.6) is 0 Å². The minimum atomic E-state index is -0.370. The van der Waals surface area contributed by atoms with Crippen LogP contribution in [0.1, 0.15) is 55.6 Å². The lowest BCUT2D eigenvalue weighted by atomic mass is 9.88. The number of carbonyl (C=O) groups is 1. The van der Waals surface area contributed by atoms with Crippen LogP contribution >= 0.6 is 0 Å². The van der Waals surface area contributed by atoms with E-state index in [4.69, 9.17) is 4.98 Å². The maximum atomic E-state index is 12.9. The molecule has 7 heteroatoms. The predicted molar refractivity (Wildman–Crippen MR) is 144 cm³/mol. The van der Waals surface area contributed by atoms with E-state index >= 15 is 0 Å². The fraction of sp³-hybridized carbons (Fsp3) is 0.414. The quantitative estimate of drug-likeness (QED) is 0.399. The van der Waals surface area contributed by atoms with Crippen molar-refractivity contribution in [1.29, 1.82) is 0 Å². The second-order valence-corrected chi connectivity index (χ2v) is 9.73. The second-order valence-electron chi connectivity index (χ2n) is 9.73. The highest BCUT2D eigenvalue weighted by atomic mass is 16.3. The summed E-state index contributed by atoms with van der Waals surface area (Å²) in [6, 6.07) is 15.0. The van der Waals surface area contributed by atoms with E-state index in [-0.39, 0.29) is 29.7 Å². The molecule has 3 aromatic rings. The molecule has 7 nitrogen and oxygen atoms in total. The molecule has 2 aromatic heterocycles. The standard InChI is InChI=1S/C29H36N4O3/c1-3-20(2)23(19-34)16-24-8-7-9-26(31-24)22-17-27(29(36)30-18-22)32-28(35)21-10-12-25(13-11-21)33-14-5-4-6-15-33/h7-13,17-18,20,23,34H,3-6,14-16,19H2,1-2H3,(H,30,36)(H,32,35)/t20?,23-/m1/s1. The first-order valence-electron chi connectivity index (χ1n) is 12.9. The van der Waals surface area contributed by atoms with E-state index in [2.05, 4.69) is 29.0 Å². The molecule has 4 rings (SSSR count). The maximum absolute atomic E-state index is 12.9. The molecule has 0 spiro atoms. The molecule has 2 atom stereocenters. The van der Waals surface area contributed by atoms with Crippen LogP contribution in [0.2, 0.25) is 0 Å². The minimum Gasteiger partial charge on any atom is -0.396 e. The number of hydrogen-bond donors (Lipinski definition) is 3. The summed E-state index contributed by atoms with van der Waals surface area (Å²) >= 11 is 0. The Hall–Kier alpha value is -3.45. The van der Waals surface area contributed by atoms with Gasteiger partial charge >= 0.3 is 0 Å². The number of anilines is 2. The van der Waals surface area contributed by atoms with Crippen LogP contribution in [0, 0.1) is 11.8 Å². The molecular weight excluding hydrogens is 452 g/mol. The van der Waals surface area contributed by atoms with Crippen molar-refractivity contribution in [2.45, 2.75) is 46.0 Å². The molecule has 36 heavy (non-hydrogen) atoms. The molecule has 3 heterocycles. The Labute approximate surface area is 212 Å². The first kappa shape index (κ1) is 25.6. The van der Waals surface area contributed by atoms with Gasteiger partial charge in [-0.05, 0) is 80.0 Å². The van der Waals surface area contributed by atoms with Gasteiger partial charge in [-0.15, -0.1) is 0 Å². The third-order valence-electron chi connectivity index (χ3n) is 7.26. The zero-order valence-corrected chi connectivity index (χ0v) is 21.2. The number of aliphatic hydroxyl groups is 1. The number of H-pyrrole nitrogens is 1. The van der Waals surface area contributed by atoms with E-state index in [0.29, 0.717) is 29.2 Å². The lowest BCUT2D eigenvalue weighted by molar-refractivity contribution is 0.102. The highest BCUT2D eigenvalue weighted by Gasteiger charge is 2.17. The molecule has 0 radical (unpaired) electrons. The van der Waals surface area contributed by atoms with Crippen LogP contribution in [0.4, 0.5) is 11.4 Å². The van der Waals surface area contributed by atoms with Crippen LogP contribution in [-0.2, 0) is 6.42 Å². The largest absolute Gasteiger partial charge is 0.396 e. The Kier molecular flexibility index (Phi) is 8.54. The molecule has 1 fully saturated rings. The molecular formula is C29H36N4O3. The van der Waals surface area contributed by atoms with Gasteiger partial charge in [-0.1, -0.05) is 26.3 Å². The van der Waals surface area contributed by atoms with Crippen LogP contribution < -0.4 is 15.8 Å². The van der Waals surface area contributed by atoms with E-state index in [1.54, 1.807) is 24.4 Å². The Bertz CT molecular complexity index is 1220. The first-order valence-corrected chi connectivity index (χ1v) is 12.9. The van der Waals surface area contributed by atoms with E-state index < -0.39 is 0 Å². The van der Waals surface area contributed by atoms with Gasteiger partial charge in [0.25, 0.3) is 11.5 Å². The first-order chi connectivity index (χ1) is 17.5. The number of nitrogens with one attached hydrogen (secondary N) is 2. The number of aliphatic hydroxyl groups excluding tert-OH is 1. The van der Waals surface area contributed by atoms with Gasteiger partial charge in [0.05, 0.1) is 5.69 Å². The second kappa shape index (κ2) is 12.0. The number of piperidine rings is 1. The fourth-order valence-corrected chi connectivity index (χ4v) is 4.70. The number of amides is 1. The van der Waals surface area contributed by atoms with Gasteiger partial charge in [0.1, 0.15) is 5.69 Å². The number of carbonyl (C=O) groups excluding carboxylic acids is 1. The van der Waals surface area contributed by atoms with E-state index in [9.17, 15) is 14.7 Å². The predicted octanol–water partition coefficient (Wildman–Crippen LogP) is 4.88. The summed E-state index contributed by atoms with van der Waals surface area (Å²) in [5.41, 5.74) is 3.72. The molecule has 1 aliphatic heterocycles. The van der Waals surface area contributed by atoms with Crippen LogP contribution in [0.15, 0.2) is 59.5 Å². The lowest BCUT2D eigenvalue weighted by Gasteiger charge is -2.28. The maximum Gasteiger partial charge on any atom is 0.271 e. The van der Waals surface area contributed by atoms with Crippen molar-refractivity contribution in [3.05, 3.63) is 76.3 Å². The third-order valence-corrected chi connectivity index (χ3v) is 7.26. The summed E-state index contributed by atoms with van der Waals surface area (Å²) in [7, 11) is 0. The van der Waals surface area contributed by atoms with Crippen molar-refractivity contribution >= 4 is 17.3 Å². The molecule has 3 N–H and O–H groups in total. The van der Waals surface area contributed by atoms with Gasteiger partial charge in [0.2, 0.25) is 0 Å². The number of benzene rings is 1. The van der Waals surface area contributed by atoms with Crippen LogP contribution in [0.3, 0.4) is 0 Å². The van der Waals surface area contributed by atoms with E-state index in [1.807, 2.05) is 30.3 Å². The zero-order valence-electron chi connectivity index (χ0n) is 21.2. The van der Waals surface area contributed by atoms with Crippen molar-refractivity contribution in [3.63, 3.8) is 0 Å². The number of pyridine rings is 2. The van der Waals surface area contributed by atoms with Gasteiger partial charge in [0.15, 0.2) is 0 Å². The molecule has 1 unspecified atom stereocenters. The average molecular weight is 489 g/mol. The molecule has 1 aromatic carbocycles. The topological polar surface area (TPSA) is 98.3 Å². The highest BCUT2D eigenvalue weighted by Crippen LogP contribution is 2.23. The Morgan fingerprint density at radius 3 is 2.58 bits per heavy atom. The summed E-state index contributed by atoms with van der Waals surface area (Å²) in [6.07, 6.45) is 6.94. The Morgan fingerprint density at radius 2 is 1.89 bits per heavy atom. The summed E-state index contributed by atoms with van der Waals surface area (Å²) in [5, 5.41) is 12.5. The number of rotatable bonds is 9. The van der Waals surface area contributed by atoms with Gasteiger partial charge < -0.3 is 20.3 Å². The van der Waals surface area contributed by atoms with Crippen LogP contribution in [0.25, 0.3) is 11.3 Å². The fourth-order valence-electron chi connectivity index (χ4n) is 4.70. The number of aromatic nitrogens is 2. The van der Waals surface area contributed by atoms with Gasteiger partial charge in [-0.25, -0.2) is 0 Å². The van der Waals surface area contributed by atoms with Crippen molar-refractivity contribution < 1.29 is 9.90 Å². The minimum absolute atomic E-state index is 0.120. The molecule has 1 amide bonds. The van der Waals surface area contributed by atoms with E-state index in [0.717, 1.165) is 30.9 Å². The SMILES string of the molecule is CCC(C)[C@@H](CO)Cc1cccc(-c2c[nH]c(=O)c(NC(=O)c3ccc(N4CCCCC4)cc3)c2)n1.